The minimum Gasteiger partial charge on any atom is -0.322 e. The second-order valence-corrected chi connectivity index (χ2v) is 4.29. The molecule has 1 N–H and O–H groups in total. The van der Waals surface area contributed by atoms with Gasteiger partial charge in [-0.25, -0.2) is 4.79 Å². The van der Waals surface area contributed by atoms with Crippen molar-refractivity contribution in [2.45, 2.75) is 32.7 Å². The van der Waals surface area contributed by atoms with Crippen LogP contribution in [0.5, 0.6) is 0 Å². The van der Waals surface area contributed by atoms with Gasteiger partial charge in [0.15, 0.2) is 0 Å². The van der Waals surface area contributed by atoms with Crippen molar-refractivity contribution in [3.8, 4) is 0 Å². The topological polar surface area (TPSA) is 32.3 Å². The number of carbonyl (C=O) groups is 1. The molecule has 0 spiro atoms. The SMILES string of the molecule is CCC(C)N1CCc2ccccc2NC1=O. The first-order valence-corrected chi connectivity index (χ1v) is 5.88. The Hall–Kier alpha value is -1.51. The number of fused-ring (bicyclic) bond motifs is 1. The average molecular weight is 218 g/mol. The number of rotatable bonds is 2. The minimum atomic E-state index is 0.0271. The molecule has 1 heterocycles. The predicted octanol–water partition coefficient (Wildman–Crippen LogP) is 2.88. The van der Waals surface area contributed by atoms with Crippen molar-refractivity contribution in [2.75, 3.05) is 11.9 Å². The third-order valence-electron chi connectivity index (χ3n) is 3.26. The molecule has 0 saturated carbocycles. The highest BCUT2D eigenvalue weighted by molar-refractivity contribution is 5.91. The molecule has 3 heteroatoms. The molecule has 1 aromatic rings. The molecule has 1 aliphatic rings. The molecule has 0 radical (unpaired) electrons. The first-order valence-electron chi connectivity index (χ1n) is 5.88. The fourth-order valence-corrected chi connectivity index (χ4v) is 2.03. The van der Waals surface area contributed by atoms with E-state index < -0.39 is 0 Å². The number of carbonyl (C=O) groups excluding carboxylic acids is 1. The summed E-state index contributed by atoms with van der Waals surface area (Å²) in [4.78, 5) is 13.9. The normalized spacial score (nSPS) is 17.4. The van der Waals surface area contributed by atoms with Crippen LogP contribution in [0.25, 0.3) is 0 Å². The maximum absolute atomic E-state index is 12.0. The predicted molar refractivity (Wildman–Crippen MR) is 65.6 cm³/mol. The molecule has 0 saturated heterocycles. The van der Waals surface area contributed by atoms with Crippen molar-refractivity contribution in [2.24, 2.45) is 0 Å². The Labute approximate surface area is 96.5 Å². The lowest BCUT2D eigenvalue weighted by Gasteiger charge is -2.26. The van der Waals surface area contributed by atoms with Crippen LogP contribution in [0.2, 0.25) is 0 Å². The molecule has 1 unspecified atom stereocenters. The summed E-state index contributed by atoms with van der Waals surface area (Å²) in [6.45, 7) is 5.00. The van der Waals surface area contributed by atoms with Crippen molar-refractivity contribution in [1.29, 1.82) is 0 Å². The molecule has 0 fully saturated rings. The van der Waals surface area contributed by atoms with Gasteiger partial charge in [0.25, 0.3) is 0 Å². The number of hydrogen-bond donors (Lipinski definition) is 1. The van der Waals surface area contributed by atoms with E-state index in [9.17, 15) is 4.79 Å². The van der Waals surface area contributed by atoms with E-state index in [0.29, 0.717) is 6.04 Å². The van der Waals surface area contributed by atoms with Gasteiger partial charge in [0.1, 0.15) is 0 Å². The second-order valence-electron chi connectivity index (χ2n) is 4.29. The monoisotopic (exact) mass is 218 g/mol. The smallest absolute Gasteiger partial charge is 0.322 e. The fourth-order valence-electron chi connectivity index (χ4n) is 2.03. The number of anilines is 1. The summed E-state index contributed by atoms with van der Waals surface area (Å²) >= 11 is 0. The Morgan fingerprint density at radius 1 is 1.44 bits per heavy atom. The molecule has 1 aromatic carbocycles. The largest absolute Gasteiger partial charge is 0.322 e. The summed E-state index contributed by atoms with van der Waals surface area (Å²) < 4.78 is 0. The van der Waals surface area contributed by atoms with Gasteiger partial charge in [-0.05, 0) is 31.4 Å². The molecule has 16 heavy (non-hydrogen) atoms. The van der Waals surface area contributed by atoms with Crippen LogP contribution >= 0.6 is 0 Å². The van der Waals surface area contributed by atoms with E-state index in [2.05, 4.69) is 25.2 Å². The van der Waals surface area contributed by atoms with E-state index in [1.807, 2.05) is 23.1 Å². The second kappa shape index (κ2) is 4.56. The van der Waals surface area contributed by atoms with Crippen molar-refractivity contribution < 1.29 is 4.79 Å². The van der Waals surface area contributed by atoms with Crippen molar-refractivity contribution in [3.05, 3.63) is 29.8 Å². The molecule has 1 aliphatic heterocycles. The zero-order valence-electron chi connectivity index (χ0n) is 9.86. The molecule has 2 amide bonds. The van der Waals surface area contributed by atoms with Crippen LogP contribution in [0.1, 0.15) is 25.8 Å². The lowest BCUT2D eigenvalue weighted by molar-refractivity contribution is 0.193. The Morgan fingerprint density at radius 3 is 2.94 bits per heavy atom. The summed E-state index contributed by atoms with van der Waals surface area (Å²) in [5.41, 5.74) is 2.18. The lowest BCUT2D eigenvalue weighted by Crippen LogP contribution is -2.40. The van der Waals surface area contributed by atoms with Crippen LogP contribution in [-0.2, 0) is 6.42 Å². The van der Waals surface area contributed by atoms with Crippen molar-refractivity contribution in [1.82, 2.24) is 4.90 Å². The highest BCUT2D eigenvalue weighted by atomic mass is 16.2. The van der Waals surface area contributed by atoms with Gasteiger partial charge in [-0.1, -0.05) is 25.1 Å². The summed E-state index contributed by atoms with van der Waals surface area (Å²) in [5.74, 6) is 0. The molecule has 0 aliphatic carbocycles. The summed E-state index contributed by atoms with van der Waals surface area (Å²) in [7, 11) is 0. The van der Waals surface area contributed by atoms with E-state index in [0.717, 1.165) is 25.1 Å². The number of urea groups is 1. The zero-order chi connectivity index (χ0) is 11.5. The van der Waals surface area contributed by atoms with Crippen LogP contribution in [0, 0.1) is 0 Å². The van der Waals surface area contributed by atoms with Crippen LogP contribution in [0.3, 0.4) is 0 Å². The van der Waals surface area contributed by atoms with Gasteiger partial charge in [0.2, 0.25) is 0 Å². The van der Waals surface area contributed by atoms with Gasteiger partial charge in [0, 0.05) is 18.3 Å². The third-order valence-corrected chi connectivity index (χ3v) is 3.26. The maximum atomic E-state index is 12.0. The zero-order valence-corrected chi connectivity index (χ0v) is 9.86. The Balaban J connectivity index is 2.22. The number of benzene rings is 1. The van der Waals surface area contributed by atoms with Gasteiger partial charge in [-0.2, -0.15) is 0 Å². The summed E-state index contributed by atoms with van der Waals surface area (Å²) in [5, 5.41) is 2.97. The lowest BCUT2D eigenvalue weighted by atomic mass is 10.1. The molecule has 0 aromatic heterocycles. The third kappa shape index (κ3) is 2.03. The maximum Gasteiger partial charge on any atom is 0.322 e. The molecule has 86 valence electrons. The molecule has 3 nitrogen and oxygen atoms in total. The van der Waals surface area contributed by atoms with E-state index in [1.54, 1.807) is 0 Å². The Bertz CT molecular complexity index is 389. The van der Waals surface area contributed by atoms with Crippen LogP contribution < -0.4 is 5.32 Å². The molecule has 2 rings (SSSR count). The van der Waals surface area contributed by atoms with E-state index >= 15 is 0 Å². The first kappa shape index (κ1) is 11.0. The van der Waals surface area contributed by atoms with Gasteiger partial charge in [0.05, 0.1) is 0 Å². The number of nitrogens with zero attached hydrogens (tertiary/aromatic N) is 1. The number of amides is 2. The van der Waals surface area contributed by atoms with Crippen molar-refractivity contribution >= 4 is 11.7 Å². The van der Waals surface area contributed by atoms with Gasteiger partial charge in [-0.15, -0.1) is 0 Å². The fraction of sp³-hybridized carbons (Fsp3) is 0.462. The number of nitrogens with one attached hydrogen (secondary N) is 1. The Morgan fingerprint density at radius 2 is 2.19 bits per heavy atom. The summed E-state index contributed by atoms with van der Waals surface area (Å²) in [6, 6.07) is 8.35. The average Bonchev–Trinajstić information content (AvgIpc) is 2.46. The molecule has 1 atom stereocenters. The van der Waals surface area contributed by atoms with Gasteiger partial charge >= 0.3 is 6.03 Å². The number of para-hydroxylation sites is 1. The molecular weight excluding hydrogens is 200 g/mol. The quantitative estimate of drug-likeness (QED) is 0.813. The molecule has 0 bridgehead atoms. The molecular formula is C13H18N2O. The van der Waals surface area contributed by atoms with Gasteiger partial charge < -0.3 is 10.2 Å². The Kier molecular flexibility index (Phi) is 3.13. The van der Waals surface area contributed by atoms with E-state index in [4.69, 9.17) is 0 Å². The first-order chi connectivity index (χ1) is 7.72. The standard InChI is InChI=1S/C13H18N2O/c1-3-10(2)15-9-8-11-6-4-5-7-12(11)14-13(15)16/h4-7,10H,3,8-9H2,1-2H3,(H,14,16). The van der Waals surface area contributed by atoms with Gasteiger partial charge in [-0.3, -0.25) is 0 Å². The highest BCUT2D eigenvalue weighted by Crippen LogP contribution is 2.21. The van der Waals surface area contributed by atoms with Crippen LogP contribution in [0.4, 0.5) is 10.5 Å². The van der Waals surface area contributed by atoms with E-state index in [-0.39, 0.29) is 6.03 Å². The van der Waals surface area contributed by atoms with Crippen LogP contribution in [0.15, 0.2) is 24.3 Å². The summed E-state index contributed by atoms with van der Waals surface area (Å²) in [6.07, 6.45) is 1.92. The minimum absolute atomic E-state index is 0.0271. The number of hydrogen-bond acceptors (Lipinski definition) is 1. The van der Waals surface area contributed by atoms with Crippen molar-refractivity contribution in [3.63, 3.8) is 0 Å². The highest BCUT2D eigenvalue weighted by Gasteiger charge is 2.22. The van der Waals surface area contributed by atoms with Crippen LogP contribution in [-0.4, -0.2) is 23.5 Å². The van der Waals surface area contributed by atoms with E-state index in [1.165, 1.54) is 5.56 Å².